The van der Waals surface area contributed by atoms with Crippen molar-refractivity contribution in [3.63, 3.8) is 0 Å². The Labute approximate surface area is 160 Å². The lowest BCUT2D eigenvalue weighted by Crippen LogP contribution is -2.16. The van der Waals surface area contributed by atoms with Crippen LogP contribution in [0.4, 0.5) is 5.69 Å². The summed E-state index contributed by atoms with van der Waals surface area (Å²) in [5, 5.41) is 0. The topological polar surface area (TPSA) is 12.4 Å². The van der Waals surface area contributed by atoms with Gasteiger partial charge >= 0.3 is 0 Å². The van der Waals surface area contributed by atoms with Crippen LogP contribution >= 0.6 is 0 Å². The van der Waals surface area contributed by atoms with E-state index in [1.165, 1.54) is 22.3 Å². The summed E-state index contributed by atoms with van der Waals surface area (Å²) >= 11 is 0. The minimum absolute atomic E-state index is 0.113. The highest BCUT2D eigenvalue weighted by molar-refractivity contribution is 5.90. The molecule has 1 heteroatoms. The van der Waals surface area contributed by atoms with Gasteiger partial charge in [0.15, 0.2) is 0 Å². The molecule has 140 valence electrons. The van der Waals surface area contributed by atoms with Crippen molar-refractivity contribution in [3.05, 3.63) is 70.8 Å². The molecule has 2 aromatic carbocycles. The second-order valence-corrected chi connectivity index (χ2v) is 8.27. The summed E-state index contributed by atoms with van der Waals surface area (Å²) in [4.78, 5) is 4.71. The molecule has 2 rings (SSSR count). The van der Waals surface area contributed by atoms with Crippen molar-refractivity contribution in [3.8, 4) is 0 Å². The van der Waals surface area contributed by atoms with Crippen molar-refractivity contribution >= 4 is 17.0 Å². The minimum Gasteiger partial charge on any atom is -0.257 e. The number of para-hydroxylation sites is 1. The first kappa shape index (κ1) is 21.9. The maximum Gasteiger partial charge on any atom is 0.0703 e. The van der Waals surface area contributed by atoms with Crippen molar-refractivity contribution < 1.29 is 0 Å². The molecule has 0 bridgehead atoms. The zero-order chi connectivity index (χ0) is 20.1. The third-order valence-corrected chi connectivity index (χ3v) is 4.85. The number of allylic oxidation sites excluding steroid dienone is 1. The molecule has 0 unspecified atom stereocenters. The van der Waals surface area contributed by atoms with Gasteiger partial charge in [0.05, 0.1) is 5.69 Å². The Kier molecular flexibility index (Phi) is 7.56. The van der Waals surface area contributed by atoms with Gasteiger partial charge in [-0.1, -0.05) is 57.7 Å². The number of aliphatic imine (C=N–C) groups is 1. The van der Waals surface area contributed by atoms with E-state index in [1.54, 1.807) is 0 Å². The summed E-state index contributed by atoms with van der Waals surface area (Å²) in [6.45, 7) is 23.2. The number of aryl methyl sites for hydroxylation is 4. The summed E-state index contributed by atoms with van der Waals surface area (Å²) in [5.74, 6) is 0. The molecule has 0 spiro atoms. The quantitative estimate of drug-likeness (QED) is 0.491. The van der Waals surface area contributed by atoms with E-state index in [0.717, 1.165) is 22.5 Å². The number of benzene rings is 2. The van der Waals surface area contributed by atoms with Gasteiger partial charge < -0.3 is 0 Å². The molecule has 0 aliphatic carbocycles. The molecule has 1 nitrogen and oxygen atoms in total. The molecule has 26 heavy (non-hydrogen) atoms. The first-order valence-electron chi connectivity index (χ1n) is 9.28. The average Bonchev–Trinajstić information content (AvgIpc) is 2.53. The van der Waals surface area contributed by atoms with Crippen molar-refractivity contribution in [2.45, 2.75) is 62.3 Å². The summed E-state index contributed by atoms with van der Waals surface area (Å²) < 4.78 is 0. The molecule has 0 aromatic heterocycles. The lowest BCUT2D eigenvalue weighted by molar-refractivity contribution is 0.588. The highest BCUT2D eigenvalue weighted by Gasteiger charge is 2.14. The van der Waals surface area contributed by atoms with Gasteiger partial charge in [-0.3, -0.25) is 4.99 Å². The second kappa shape index (κ2) is 8.98. The Balaban J connectivity index is 0.000000289. The number of nitrogens with zero attached hydrogens (tertiary/aromatic N) is 1. The highest BCUT2D eigenvalue weighted by atomic mass is 14.8. The van der Waals surface area contributed by atoms with E-state index in [-0.39, 0.29) is 5.41 Å². The van der Waals surface area contributed by atoms with Crippen LogP contribution in [0.1, 0.15) is 62.4 Å². The van der Waals surface area contributed by atoms with E-state index in [2.05, 4.69) is 80.2 Å². The monoisotopic (exact) mass is 349 g/mol. The Morgan fingerprint density at radius 2 is 1.23 bits per heavy atom. The first-order valence-corrected chi connectivity index (χ1v) is 9.28. The molecule has 0 saturated heterocycles. The smallest absolute Gasteiger partial charge is 0.0703 e. The SMILES string of the molecule is C=C(C)c1ccccc1N=C(C)C(C)(C)C.Cc1cc(C)c(C)cc1C. The molecule has 0 fully saturated rings. The molecule has 0 saturated carbocycles. The maximum absolute atomic E-state index is 4.71. The Hall–Kier alpha value is -2.15. The van der Waals surface area contributed by atoms with Crippen molar-refractivity contribution in [1.82, 2.24) is 0 Å². The lowest BCUT2D eigenvalue weighted by atomic mass is 9.91. The van der Waals surface area contributed by atoms with Gasteiger partial charge in [0.1, 0.15) is 0 Å². The normalized spacial score (nSPS) is 11.7. The van der Waals surface area contributed by atoms with Crippen LogP contribution in [0.15, 0.2) is 48.0 Å². The first-order chi connectivity index (χ1) is 11.9. The molecule has 0 heterocycles. The van der Waals surface area contributed by atoms with Gasteiger partial charge in [0, 0.05) is 11.3 Å². The maximum atomic E-state index is 4.71. The molecule has 0 radical (unpaired) electrons. The van der Waals surface area contributed by atoms with E-state index in [0.29, 0.717) is 0 Å². The second-order valence-electron chi connectivity index (χ2n) is 8.27. The fourth-order valence-corrected chi connectivity index (χ4v) is 2.39. The molecule has 2 aromatic rings. The van der Waals surface area contributed by atoms with Crippen LogP contribution < -0.4 is 0 Å². The van der Waals surface area contributed by atoms with Gasteiger partial charge in [-0.15, -0.1) is 0 Å². The Morgan fingerprint density at radius 3 is 1.62 bits per heavy atom. The van der Waals surface area contributed by atoms with E-state index in [9.17, 15) is 0 Å². The summed E-state index contributed by atoms with van der Waals surface area (Å²) in [6, 6.07) is 12.6. The molecule has 0 aliphatic heterocycles. The number of hydrogen-bond donors (Lipinski definition) is 0. The van der Waals surface area contributed by atoms with Gasteiger partial charge in [0.2, 0.25) is 0 Å². The van der Waals surface area contributed by atoms with Crippen LogP contribution in [-0.2, 0) is 0 Å². The van der Waals surface area contributed by atoms with E-state index in [4.69, 9.17) is 4.99 Å². The fraction of sp³-hybridized carbons (Fsp3) is 0.400. The number of rotatable bonds is 2. The minimum atomic E-state index is 0.113. The summed E-state index contributed by atoms with van der Waals surface area (Å²) in [5.41, 5.74) is 10.0. The van der Waals surface area contributed by atoms with Gasteiger partial charge in [-0.25, -0.2) is 0 Å². The largest absolute Gasteiger partial charge is 0.257 e. The molecule has 0 amide bonds. The summed E-state index contributed by atoms with van der Waals surface area (Å²) in [6.07, 6.45) is 0. The molecule has 0 atom stereocenters. The third kappa shape index (κ3) is 6.29. The van der Waals surface area contributed by atoms with Crippen molar-refractivity contribution in [2.75, 3.05) is 0 Å². The predicted molar refractivity (Wildman–Crippen MR) is 119 cm³/mol. The zero-order valence-corrected chi connectivity index (χ0v) is 18.1. The third-order valence-electron chi connectivity index (χ3n) is 4.85. The standard InChI is InChI=1S/C15H21N.C10H14/c1-11(2)13-9-7-8-10-14(13)16-12(3)15(4,5)6;1-7-5-9(3)10(4)6-8(7)2/h7-10H,1H2,2-6H3;5-6H,1-4H3. The van der Waals surface area contributed by atoms with Crippen LogP contribution in [-0.4, -0.2) is 5.71 Å². The highest BCUT2D eigenvalue weighted by Crippen LogP contribution is 2.27. The Bertz CT molecular complexity index is 751. The molecule has 0 aliphatic rings. The van der Waals surface area contributed by atoms with E-state index in [1.807, 2.05) is 25.1 Å². The van der Waals surface area contributed by atoms with E-state index < -0.39 is 0 Å². The van der Waals surface area contributed by atoms with Crippen LogP contribution in [0.2, 0.25) is 0 Å². The summed E-state index contributed by atoms with van der Waals surface area (Å²) in [7, 11) is 0. The van der Waals surface area contributed by atoms with Gasteiger partial charge in [-0.2, -0.15) is 0 Å². The average molecular weight is 350 g/mol. The lowest BCUT2D eigenvalue weighted by Gasteiger charge is -2.18. The van der Waals surface area contributed by atoms with Crippen LogP contribution in [0.5, 0.6) is 0 Å². The van der Waals surface area contributed by atoms with Crippen molar-refractivity contribution in [2.24, 2.45) is 10.4 Å². The fourth-order valence-electron chi connectivity index (χ4n) is 2.39. The van der Waals surface area contributed by atoms with E-state index >= 15 is 0 Å². The Morgan fingerprint density at radius 1 is 0.808 bits per heavy atom. The van der Waals surface area contributed by atoms with Gasteiger partial charge in [0.25, 0.3) is 0 Å². The van der Waals surface area contributed by atoms with Crippen LogP contribution in [0.25, 0.3) is 5.57 Å². The number of hydrogen-bond acceptors (Lipinski definition) is 1. The molecular formula is C25H35N. The van der Waals surface area contributed by atoms with Crippen LogP contribution in [0, 0.1) is 33.1 Å². The zero-order valence-electron chi connectivity index (χ0n) is 18.1. The molecule has 0 N–H and O–H groups in total. The van der Waals surface area contributed by atoms with Gasteiger partial charge in [-0.05, 0) is 80.9 Å². The van der Waals surface area contributed by atoms with Crippen molar-refractivity contribution in [1.29, 1.82) is 0 Å². The molecular weight excluding hydrogens is 314 g/mol. The van der Waals surface area contributed by atoms with Crippen LogP contribution in [0.3, 0.4) is 0 Å². The predicted octanol–water partition coefficient (Wildman–Crippen LogP) is 7.78.